The van der Waals surface area contributed by atoms with Crippen molar-refractivity contribution in [1.82, 2.24) is 4.98 Å². The average molecular weight is 234 g/mol. The molecule has 2 N–H and O–H groups in total. The molecule has 0 saturated carbocycles. The molecule has 0 aliphatic rings. The zero-order valence-corrected chi connectivity index (χ0v) is 9.86. The summed E-state index contributed by atoms with van der Waals surface area (Å²) in [7, 11) is -3.12. The molecule has 0 aliphatic heterocycles. The van der Waals surface area contributed by atoms with E-state index in [1.165, 1.54) is 11.3 Å². The number of hydrogen-bond donors (Lipinski definition) is 1. The van der Waals surface area contributed by atoms with Gasteiger partial charge in [-0.15, -0.1) is 11.3 Å². The van der Waals surface area contributed by atoms with Crippen LogP contribution in [0.1, 0.15) is 18.7 Å². The van der Waals surface area contributed by atoms with Crippen molar-refractivity contribution in [3.05, 3.63) is 16.6 Å². The van der Waals surface area contributed by atoms with E-state index in [1.807, 2.05) is 0 Å². The summed E-state index contributed by atoms with van der Waals surface area (Å²) in [4.78, 5) is 4.58. The molecule has 1 rings (SSSR count). The number of hydrogen-bond acceptors (Lipinski definition) is 5. The molecule has 0 unspecified atom stereocenters. The van der Waals surface area contributed by atoms with Crippen LogP contribution in [-0.2, 0) is 15.6 Å². The molecule has 0 atom stereocenters. The van der Waals surface area contributed by atoms with Crippen LogP contribution in [0.15, 0.2) is 11.7 Å². The van der Waals surface area contributed by atoms with Crippen molar-refractivity contribution in [3.8, 4) is 0 Å². The van der Waals surface area contributed by atoms with Crippen molar-refractivity contribution >= 4 is 21.2 Å². The molecule has 0 saturated heterocycles. The van der Waals surface area contributed by atoms with Gasteiger partial charge in [0.05, 0.1) is 17.0 Å². The molecular weight excluding hydrogens is 220 g/mol. The highest BCUT2D eigenvalue weighted by molar-refractivity contribution is 7.90. The zero-order valence-electron chi connectivity index (χ0n) is 8.23. The lowest BCUT2D eigenvalue weighted by Gasteiger charge is -2.17. The maximum absolute atomic E-state index is 11.6. The fraction of sp³-hybridized carbons (Fsp3) is 0.625. The molecule has 0 aliphatic carbocycles. The second-order valence-corrected chi connectivity index (χ2v) is 7.02. The van der Waals surface area contributed by atoms with Gasteiger partial charge in [-0.1, -0.05) is 0 Å². The number of sulfone groups is 1. The molecule has 0 fully saturated rings. The molecule has 1 aromatic heterocycles. The van der Waals surface area contributed by atoms with Crippen molar-refractivity contribution < 1.29 is 8.42 Å². The summed E-state index contributed by atoms with van der Waals surface area (Å²) in [6.45, 7) is 3.41. The average Bonchev–Trinajstić information content (AvgIpc) is 2.31. The Kier molecular flexibility index (Phi) is 3.28. The van der Waals surface area contributed by atoms with Gasteiger partial charge in [-0.2, -0.15) is 0 Å². The first-order valence-corrected chi connectivity index (χ1v) is 6.85. The third-order valence-corrected chi connectivity index (χ3v) is 4.33. The number of nitrogens with zero attached hydrogens (tertiary/aromatic N) is 1. The van der Waals surface area contributed by atoms with E-state index in [0.717, 1.165) is 4.88 Å². The maximum atomic E-state index is 11.6. The van der Waals surface area contributed by atoms with Crippen LogP contribution in [0.2, 0.25) is 0 Å². The molecule has 4 nitrogen and oxygen atoms in total. The third-order valence-electron chi connectivity index (χ3n) is 1.44. The van der Waals surface area contributed by atoms with Crippen LogP contribution in [0.25, 0.3) is 0 Å². The lowest BCUT2D eigenvalue weighted by atomic mass is 10.1. The second-order valence-electron chi connectivity index (χ2n) is 3.99. The van der Waals surface area contributed by atoms with Gasteiger partial charge in [-0.05, 0) is 13.8 Å². The molecule has 1 heterocycles. The fourth-order valence-corrected chi connectivity index (χ4v) is 4.08. The van der Waals surface area contributed by atoms with Crippen LogP contribution >= 0.6 is 11.3 Å². The normalized spacial score (nSPS) is 13.1. The van der Waals surface area contributed by atoms with Gasteiger partial charge >= 0.3 is 0 Å². The Hall–Kier alpha value is -0.460. The highest BCUT2D eigenvalue weighted by Gasteiger charge is 2.22. The lowest BCUT2D eigenvalue weighted by molar-refractivity contribution is 0.544. The molecule has 0 radical (unpaired) electrons. The van der Waals surface area contributed by atoms with Crippen molar-refractivity contribution in [1.29, 1.82) is 0 Å². The molecule has 0 amide bonds. The Bertz CT molecular complexity index is 376. The first-order valence-electron chi connectivity index (χ1n) is 4.15. The molecule has 0 spiro atoms. The summed E-state index contributed by atoms with van der Waals surface area (Å²) < 4.78 is 23.2. The lowest BCUT2D eigenvalue weighted by Crippen LogP contribution is -2.40. The van der Waals surface area contributed by atoms with E-state index in [4.69, 9.17) is 5.73 Å². The second kappa shape index (κ2) is 3.96. The highest BCUT2D eigenvalue weighted by Crippen LogP contribution is 2.13. The van der Waals surface area contributed by atoms with Crippen molar-refractivity contribution in [2.75, 3.05) is 5.75 Å². The van der Waals surface area contributed by atoms with Gasteiger partial charge in [0.2, 0.25) is 0 Å². The van der Waals surface area contributed by atoms with Crippen LogP contribution in [0, 0.1) is 0 Å². The molecule has 0 bridgehead atoms. The first-order chi connectivity index (χ1) is 6.29. The van der Waals surface area contributed by atoms with E-state index in [1.54, 1.807) is 25.6 Å². The standard InChI is InChI=1S/C8H14N2O2S2/c1-8(2,9)5-14(11,12)4-7-3-10-6-13-7/h3,6H,4-5,9H2,1-2H3. The van der Waals surface area contributed by atoms with Gasteiger partial charge in [0.1, 0.15) is 0 Å². The van der Waals surface area contributed by atoms with Crippen molar-refractivity contribution in [2.45, 2.75) is 25.1 Å². The third kappa shape index (κ3) is 4.17. The minimum atomic E-state index is -3.12. The van der Waals surface area contributed by atoms with Crippen molar-refractivity contribution in [2.24, 2.45) is 5.73 Å². The quantitative estimate of drug-likeness (QED) is 0.836. The summed E-state index contributed by atoms with van der Waals surface area (Å²) in [5.74, 6) is 0.0379. The Morgan fingerprint density at radius 1 is 1.57 bits per heavy atom. The summed E-state index contributed by atoms with van der Waals surface area (Å²) in [6.07, 6.45) is 1.58. The van der Waals surface area contributed by atoms with E-state index >= 15 is 0 Å². The minimum Gasteiger partial charge on any atom is -0.325 e. The van der Waals surface area contributed by atoms with E-state index in [-0.39, 0.29) is 11.5 Å². The van der Waals surface area contributed by atoms with E-state index in [2.05, 4.69) is 4.98 Å². The molecule has 6 heteroatoms. The maximum Gasteiger partial charge on any atom is 0.157 e. The summed E-state index contributed by atoms with van der Waals surface area (Å²) in [6, 6.07) is 0. The largest absolute Gasteiger partial charge is 0.325 e. The van der Waals surface area contributed by atoms with Crippen LogP contribution in [0.4, 0.5) is 0 Å². The Labute approximate surface area is 88.1 Å². The Balaban J connectivity index is 2.69. The van der Waals surface area contributed by atoms with Gasteiger partial charge in [-0.25, -0.2) is 8.42 Å². The molecule has 0 aromatic carbocycles. The van der Waals surface area contributed by atoms with Crippen LogP contribution in [0.5, 0.6) is 0 Å². The van der Waals surface area contributed by atoms with Gasteiger partial charge in [0, 0.05) is 16.6 Å². The Morgan fingerprint density at radius 2 is 2.21 bits per heavy atom. The predicted molar refractivity (Wildman–Crippen MR) is 57.9 cm³/mol. The van der Waals surface area contributed by atoms with Crippen LogP contribution in [-0.4, -0.2) is 24.7 Å². The van der Waals surface area contributed by atoms with E-state index in [0.29, 0.717) is 0 Å². The molecule has 14 heavy (non-hydrogen) atoms. The SMILES string of the molecule is CC(C)(N)CS(=O)(=O)Cc1cncs1. The number of nitrogens with two attached hydrogens (primary N) is 1. The van der Waals surface area contributed by atoms with Crippen LogP contribution < -0.4 is 5.73 Å². The molecule has 80 valence electrons. The first kappa shape index (κ1) is 11.6. The summed E-state index contributed by atoms with van der Waals surface area (Å²) in [5.41, 5.74) is 6.61. The smallest absolute Gasteiger partial charge is 0.157 e. The summed E-state index contributed by atoms with van der Waals surface area (Å²) in [5, 5.41) is 0. The van der Waals surface area contributed by atoms with Gasteiger partial charge in [0.15, 0.2) is 9.84 Å². The monoisotopic (exact) mass is 234 g/mol. The zero-order chi connectivity index (χ0) is 10.8. The van der Waals surface area contributed by atoms with Crippen LogP contribution in [0.3, 0.4) is 0 Å². The fourth-order valence-electron chi connectivity index (χ4n) is 1.15. The van der Waals surface area contributed by atoms with Crippen molar-refractivity contribution in [3.63, 3.8) is 0 Å². The number of rotatable bonds is 4. The number of thiazole rings is 1. The van der Waals surface area contributed by atoms with Gasteiger partial charge in [0.25, 0.3) is 0 Å². The number of aromatic nitrogens is 1. The van der Waals surface area contributed by atoms with E-state index < -0.39 is 15.4 Å². The van der Waals surface area contributed by atoms with Gasteiger partial charge < -0.3 is 5.73 Å². The molecule has 1 aromatic rings. The Morgan fingerprint density at radius 3 is 2.64 bits per heavy atom. The van der Waals surface area contributed by atoms with Gasteiger partial charge in [-0.3, -0.25) is 4.98 Å². The minimum absolute atomic E-state index is 0.00208. The van der Waals surface area contributed by atoms with E-state index in [9.17, 15) is 8.42 Å². The highest BCUT2D eigenvalue weighted by atomic mass is 32.2. The summed E-state index contributed by atoms with van der Waals surface area (Å²) >= 11 is 1.34. The topological polar surface area (TPSA) is 73.1 Å². The predicted octanol–water partition coefficient (Wildman–Crippen LogP) is 0.795. The molecular formula is C8H14N2O2S2.